The van der Waals surface area contributed by atoms with E-state index in [2.05, 4.69) is 4.98 Å². The fourth-order valence-electron chi connectivity index (χ4n) is 1.73. The number of rotatable bonds is 3. The molecule has 4 heteroatoms. The molecule has 17 heavy (non-hydrogen) atoms. The third-order valence-corrected chi connectivity index (χ3v) is 2.64. The van der Waals surface area contributed by atoms with Crippen LogP contribution in [-0.2, 0) is 13.0 Å². The van der Waals surface area contributed by atoms with Gasteiger partial charge in [0.05, 0.1) is 18.2 Å². The highest BCUT2D eigenvalue weighted by Gasteiger charge is 2.06. The molecular formula is C13H12FN3. The van der Waals surface area contributed by atoms with Gasteiger partial charge in [-0.05, 0) is 12.1 Å². The summed E-state index contributed by atoms with van der Waals surface area (Å²) in [5.41, 5.74) is 0.907. The van der Waals surface area contributed by atoms with Crippen LogP contribution in [0.3, 0.4) is 0 Å². The van der Waals surface area contributed by atoms with Crippen molar-refractivity contribution in [1.29, 1.82) is 5.26 Å². The molecule has 86 valence electrons. The van der Waals surface area contributed by atoms with E-state index in [9.17, 15) is 4.39 Å². The van der Waals surface area contributed by atoms with E-state index < -0.39 is 0 Å². The Morgan fingerprint density at radius 3 is 2.94 bits per heavy atom. The van der Waals surface area contributed by atoms with E-state index in [4.69, 9.17) is 5.26 Å². The summed E-state index contributed by atoms with van der Waals surface area (Å²) in [5, 5.41) is 8.66. The molecular weight excluding hydrogens is 217 g/mol. The maximum Gasteiger partial charge on any atom is 0.129 e. The summed E-state index contributed by atoms with van der Waals surface area (Å²) in [7, 11) is 0. The van der Waals surface area contributed by atoms with E-state index in [0.29, 0.717) is 17.7 Å². The average molecular weight is 229 g/mol. The Kier molecular flexibility index (Phi) is 3.20. The van der Waals surface area contributed by atoms with Crippen LogP contribution < -0.4 is 0 Å². The highest BCUT2D eigenvalue weighted by Crippen LogP contribution is 2.12. The molecule has 1 aromatic carbocycles. The molecule has 1 heterocycles. The lowest BCUT2D eigenvalue weighted by molar-refractivity contribution is 0.594. The van der Waals surface area contributed by atoms with E-state index in [1.54, 1.807) is 18.3 Å². The largest absolute Gasteiger partial charge is 0.330 e. The van der Waals surface area contributed by atoms with Crippen LogP contribution in [0.25, 0.3) is 0 Å². The van der Waals surface area contributed by atoms with Crippen molar-refractivity contribution >= 4 is 0 Å². The van der Waals surface area contributed by atoms with Crippen LogP contribution in [0.1, 0.15) is 23.9 Å². The Bertz CT molecular complexity index is 566. The monoisotopic (exact) mass is 229 g/mol. The summed E-state index contributed by atoms with van der Waals surface area (Å²) in [6.45, 7) is 2.45. The molecule has 2 aromatic rings. The van der Waals surface area contributed by atoms with Crippen LogP contribution in [0.4, 0.5) is 4.39 Å². The van der Waals surface area contributed by atoms with Crippen molar-refractivity contribution in [1.82, 2.24) is 9.55 Å². The summed E-state index contributed by atoms with van der Waals surface area (Å²) in [6, 6.07) is 6.45. The highest BCUT2D eigenvalue weighted by molar-refractivity contribution is 5.33. The third-order valence-electron chi connectivity index (χ3n) is 2.64. The standard InChI is InChI=1S/C13H12FN3/c1-2-13-16-5-6-17(13)9-11-4-3-10(8-15)7-12(11)14/h3-7H,2,9H2,1H3. The zero-order chi connectivity index (χ0) is 12.3. The number of benzene rings is 1. The summed E-state index contributed by atoms with van der Waals surface area (Å²) in [5.74, 6) is 0.577. The Hall–Kier alpha value is -2.15. The van der Waals surface area contributed by atoms with Crippen molar-refractivity contribution in [3.8, 4) is 6.07 Å². The van der Waals surface area contributed by atoms with Crippen molar-refractivity contribution in [3.05, 3.63) is 53.4 Å². The number of aryl methyl sites for hydroxylation is 1. The molecule has 0 saturated heterocycles. The van der Waals surface area contributed by atoms with Crippen molar-refractivity contribution < 1.29 is 4.39 Å². The van der Waals surface area contributed by atoms with Gasteiger partial charge in [-0.1, -0.05) is 13.0 Å². The van der Waals surface area contributed by atoms with E-state index in [-0.39, 0.29) is 5.82 Å². The highest BCUT2D eigenvalue weighted by atomic mass is 19.1. The smallest absolute Gasteiger partial charge is 0.129 e. The topological polar surface area (TPSA) is 41.6 Å². The first kappa shape index (κ1) is 11.3. The fraction of sp³-hybridized carbons (Fsp3) is 0.231. The minimum Gasteiger partial charge on any atom is -0.330 e. The zero-order valence-corrected chi connectivity index (χ0v) is 9.52. The van der Waals surface area contributed by atoms with E-state index in [1.807, 2.05) is 23.8 Å². The van der Waals surface area contributed by atoms with Gasteiger partial charge in [0.1, 0.15) is 11.6 Å². The number of halogens is 1. The van der Waals surface area contributed by atoms with Crippen LogP contribution in [0.2, 0.25) is 0 Å². The molecule has 0 spiro atoms. The summed E-state index contributed by atoms with van der Waals surface area (Å²) >= 11 is 0. The molecule has 0 radical (unpaired) electrons. The Balaban J connectivity index is 2.28. The molecule has 0 N–H and O–H groups in total. The molecule has 0 unspecified atom stereocenters. The molecule has 0 saturated carbocycles. The molecule has 0 aliphatic rings. The molecule has 1 aromatic heterocycles. The second-order valence-electron chi connectivity index (χ2n) is 3.74. The lowest BCUT2D eigenvalue weighted by Gasteiger charge is -2.07. The first-order valence-corrected chi connectivity index (χ1v) is 5.43. The molecule has 0 atom stereocenters. The van der Waals surface area contributed by atoms with E-state index in [1.165, 1.54) is 6.07 Å². The summed E-state index contributed by atoms with van der Waals surface area (Å²) < 4.78 is 15.6. The molecule has 0 aliphatic heterocycles. The summed E-state index contributed by atoms with van der Waals surface area (Å²) in [4.78, 5) is 4.18. The van der Waals surface area contributed by atoms with Gasteiger partial charge in [0, 0.05) is 24.4 Å². The Labute approximate surface area is 99.1 Å². The van der Waals surface area contributed by atoms with Gasteiger partial charge in [0.15, 0.2) is 0 Å². The predicted molar refractivity (Wildman–Crippen MR) is 61.8 cm³/mol. The first-order chi connectivity index (χ1) is 8.24. The minimum atomic E-state index is -0.347. The number of hydrogen-bond donors (Lipinski definition) is 0. The number of imidazole rings is 1. The quantitative estimate of drug-likeness (QED) is 0.811. The lowest BCUT2D eigenvalue weighted by atomic mass is 10.1. The number of hydrogen-bond acceptors (Lipinski definition) is 2. The fourth-order valence-corrected chi connectivity index (χ4v) is 1.73. The maximum atomic E-state index is 13.7. The number of nitriles is 1. The second kappa shape index (κ2) is 4.79. The van der Waals surface area contributed by atoms with Crippen LogP contribution in [0.15, 0.2) is 30.6 Å². The van der Waals surface area contributed by atoms with Gasteiger partial charge in [-0.2, -0.15) is 5.26 Å². The van der Waals surface area contributed by atoms with Gasteiger partial charge in [-0.15, -0.1) is 0 Å². The molecule has 3 nitrogen and oxygen atoms in total. The average Bonchev–Trinajstić information content (AvgIpc) is 2.79. The van der Waals surface area contributed by atoms with Crippen molar-refractivity contribution in [3.63, 3.8) is 0 Å². The molecule has 0 amide bonds. The first-order valence-electron chi connectivity index (χ1n) is 5.43. The van der Waals surface area contributed by atoms with Crippen LogP contribution in [0.5, 0.6) is 0 Å². The summed E-state index contributed by atoms with van der Waals surface area (Å²) in [6.07, 6.45) is 4.35. The minimum absolute atomic E-state index is 0.340. The Morgan fingerprint density at radius 2 is 2.29 bits per heavy atom. The molecule has 2 rings (SSSR count). The van der Waals surface area contributed by atoms with E-state index >= 15 is 0 Å². The van der Waals surface area contributed by atoms with E-state index in [0.717, 1.165) is 12.2 Å². The van der Waals surface area contributed by atoms with Crippen molar-refractivity contribution in [2.45, 2.75) is 19.9 Å². The lowest BCUT2D eigenvalue weighted by Crippen LogP contribution is -2.05. The number of nitrogens with zero attached hydrogens (tertiary/aromatic N) is 3. The molecule has 0 bridgehead atoms. The van der Waals surface area contributed by atoms with Crippen molar-refractivity contribution in [2.24, 2.45) is 0 Å². The predicted octanol–water partition coefficient (Wildman–Crippen LogP) is 2.50. The number of aromatic nitrogens is 2. The van der Waals surface area contributed by atoms with Gasteiger partial charge < -0.3 is 4.57 Å². The van der Waals surface area contributed by atoms with Crippen LogP contribution >= 0.6 is 0 Å². The van der Waals surface area contributed by atoms with Crippen LogP contribution in [0, 0.1) is 17.1 Å². The van der Waals surface area contributed by atoms with Gasteiger partial charge in [-0.3, -0.25) is 0 Å². The van der Waals surface area contributed by atoms with Gasteiger partial charge in [-0.25, -0.2) is 9.37 Å². The Morgan fingerprint density at radius 1 is 1.47 bits per heavy atom. The van der Waals surface area contributed by atoms with Gasteiger partial charge in [0.2, 0.25) is 0 Å². The maximum absolute atomic E-state index is 13.7. The SMILES string of the molecule is CCc1nccn1Cc1ccc(C#N)cc1F. The third kappa shape index (κ3) is 2.34. The second-order valence-corrected chi connectivity index (χ2v) is 3.74. The molecule has 0 aliphatic carbocycles. The molecule has 0 fully saturated rings. The van der Waals surface area contributed by atoms with Gasteiger partial charge in [0.25, 0.3) is 0 Å². The van der Waals surface area contributed by atoms with Gasteiger partial charge >= 0.3 is 0 Å². The van der Waals surface area contributed by atoms with Crippen molar-refractivity contribution in [2.75, 3.05) is 0 Å². The normalized spacial score (nSPS) is 10.2. The zero-order valence-electron chi connectivity index (χ0n) is 9.52. The van der Waals surface area contributed by atoms with Crippen LogP contribution in [-0.4, -0.2) is 9.55 Å².